The molecule has 206 valence electrons. The molecule has 1 atom stereocenters. The molecule has 13 heteroatoms. The number of benzene rings is 2. The maximum absolute atomic E-state index is 13.6. The van der Waals surface area contributed by atoms with Crippen LogP contribution in [0.5, 0.6) is 0 Å². The van der Waals surface area contributed by atoms with E-state index in [2.05, 4.69) is 30.6 Å². The Morgan fingerprint density at radius 1 is 1.12 bits per heavy atom. The smallest absolute Gasteiger partial charge is 0.260 e. The summed E-state index contributed by atoms with van der Waals surface area (Å²) in [5.41, 5.74) is 3.20. The first-order valence-corrected chi connectivity index (χ1v) is 14.9. The zero-order valence-electron chi connectivity index (χ0n) is 22.3. The molecule has 5 rings (SSSR count). The minimum atomic E-state index is -1.32. The number of fused-ring (bicyclic) bond motifs is 1. The minimum absolute atomic E-state index is 0.109. The third kappa shape index (κ3) is 5.79. The molecule has 11 nitrogen and oxygen atoms in total. The second kappa shape index (κ2) is 11.6. The Labute approximate surface area is 239 Å². The Kier molecular flexibility index (Phi) is 8.02. The zero-order chi connectivity index (χ0) is 28.4. The van der Waals surface area contributed by atoms with Crippen molar-refractivity contribution in [1.29, 1.82) is 5.26 Å². The number of carbonyl (C=O) groups excluding carboxylic acids is 2. The van der Waals surface area contributed by atoms with Gasteiger partial charge >= 0.3 is 0 Å². The second-order valence-corrected chi connectivity index (χ2v) is 11.9. The van der Waals surface area contributed by atoms with Gasteiger partial charge in [-0.15, -0.1) is 0 Å². The summed E-state index contributed by atoms with van der Waals surface area (Å²) < 4.78 is 15.9. The third-order valence-corrected chi connectivity index (χ3v) is 8.71. The molecule has 2 amide bonds. The number of rotatable bonds is 6. The Hall–Kier alpha value is -3.99. The lowest BCUT2D eigenvalue weighted by Crippen LogP contribution is -2.44. The van der Waals surface area contributed by atoms with Crippen LogP contribution in [0, 0.1) is 18.3 Å². The van der Waals surface area contributed by atoms with E-state index in [0.29, 0.717) is 47.4 Å². The predicted octanol–water partition coefficient (Wildman–Crippen LogP) is 2.81. The second-order valence-electron chi connectivity index (χ2n) is 9.37. The normalized spacial score (nSPS) is 16.1. The number of aromatic nitrogens is 2. The topological polar surface area (TPSA) is 126 Å². The Morgan fingerprint density at radius 3 is 2.60 bits per heavy atom. The van der Waals surface area contributed by atoms with E-state index < -0.39 is 11.0 Å². The largest absolute Gasteiger partial charge is 0.338 e. The molecule has 2 aromatic carbocycles. The molecule has 1 N–H and O–H groups in total. The first-order valence-electron chi connectivity index (χ1n) is 12.6. The van der Waals surface area contributed by atoms with Crippen molar-refractivity contribution in [3.05, 3.63) is 65.5 Å². The number of piperazine rings is 1. The van der Waals surface area contributed by atoms with Crippen molar-refractivity contribution in [1.82, 2.24) is 14.3 Å². The van der Waals surface area contributed by atoms with Crippen molar-refractivity contribution >= 4 is 57.8 Å². The molecule has 0 saturated carbocycles. The molecule has 1 unspecified atom stereocenters. The zero-order valence-corrected chi connectivity index (χ0v) is 24.0. The highest BCUT2D eigenvalue weighted by atomic mass is 32.2. The van der Waals surface area contributed by atoms with Crippen LogP contribution in [0.2, 0.25) is 0 Å². The summed E-state index contributed by atoms with van der Waals surface area (Å²) in [6, 6.07) is 16.4. The van der Waals surface area contributed by atoms with Crippen LogP contribution in [-0.2, 0) is 15.8 Å². The van der Waals surface area contributed by atoms with Crippen LogP contribution in [0.15, 0.2) is 53.4 Å². The van der Waals surface area contributed by atoms with E-state index in [0.717, 1.165) is 23.7 Å². The van der Waals surface area contributed by atoms with Gasteiger partial charge in [-0.2, -0.15) is 5.26 Å². The lowest BCUT2D eigenvalue weighted by atomic mass is 10.1. The van der Waals surface area contributed by atoms with Crippen LogP contribution in [0.3, 0.4) is 0 Å². The number of nitrogens with one attached hydrogen (secondary N) is 1. The van der Waals surface area contributed by atoms with Gasteiger partial charge in [-0.3, -0.25) is 18.8 Å². The third-order valence-electron chi connectivity index (χ3n) is 6.65. The molecule has 40 heavy (non-hydrogen) atoms. The van der Waals surface area contributed by atoms with Crippen LogP contribution in [0.1, 0.15) is 21.7 Å². The molecule has 1 fully saturated rings. The van der Waals surface area contributed by atoms with Crippen molar-refractivity contribution in [2.75, 3.05) is 65.4 Å². The fourth-order valence-electron chi connectivity index (χ4n) is 4.60. The lowest BCUT2D eigenvalue weighted by molar-refractivity contribution is -0.115. The van der Waals surface area contributed by atoms with Gasteiger partial charge in [-0.05, 0) is 55.3 Å². The quantitative estimate of drug-likeness (QED) is 0.441. The molecule has 1 aromatic heterocycles. The summed E-state index contributed by atoms with van der Waals surface area (Å²) in [6.45, 7) is 4.67. The molecule has 0 aliphatic carbocycles. The monoisotopic (exact) mass is 576 g/mol. The van der Waals surface area contributed by atoms with Crippen molar-refractivity contribution in [3.63, 3.8) is 0 Å². The minimum Gasteiger partial charge on any atom is -0.338 e. The molecule has 0 spiro atoms. The van der Waals surface area contributed by atoms with Gasteiger partial charge in [0.15, 0.2) is 0 Å². The van der Waals surface area contributed by atoms with Crippen molar-refractivity contribution < 1.29 is 13.8 Å². The molecule has 0 radical (unpaired) electrons. The van der Waals surface area contributed by atoms with Crippen molar-refractivity contribution in [2.45, 2.75) is 11.8 Å². The molecule has 2 aliphatic rings. The number of aryl methyl sites for hydroxylation is 1. The number of amides is 2. The lowest BCUT2D eigenvalue weighted by Gasteiger charge is -2.34. The maximum Gasteiger partial charge on any atom is 0.260 e. The van der Waals surface area contributed by atoms with E-state index in [1.807, 2.05) is 25.1 Å². The van der Waals surface area contributed by atoms with E-state index in [4.69, 9.17) is 0 Å². The van der Waals surface area contributed by atoms with Crippen LogP contribution in [0.25, 0.3) is 0 Å². The van der Waals surface area contributed by atoms with Crippen LogP contribution < -0.4 is 19.4 Å². The Bertz CT molecular complexity index is 1530. The van der Waals surface area contributed by atoms with Crippen molar-refractivity contribution in [2.24, 2.45) is 0 Å². The molecule has 2 aliphatic heterocycles. The van der Waals surface area contributed by atoms with Crippen LogP contribution in [-0.4, -0.2) is 76.3 Å². The number of anilines is 4. The molecule has 3 aromatic rings. The summed E-state index contributed by atoms with van der Waals surface area (Å²) in [6.07, 6.45) is 1.55. The Morgan fingerprint density at radius 2 is 1.88 bits per heavy atom. The number of para-hydroxylation sites is 1. The number of carbonyl (C=O) groups is 2. The number of hydrogen-bond acceptors (Lipinski definition) is 9. The van der Waals surface area contributed by atoms with Crippen molar-refractivity contribution in [3.8, 4) is 6.07 Å². The van der Waals surface area contributed by atoms with E-state index in [1.54, 1.807) is 55.6 Å². The van der Waals surface area contributed by atoms with Gasteiger partial charge in [-0.1, -0.05) is 12.1 Å². The molecule has 3 heterocycles. The molecule has 0 bridgehead atoms. The van der Waals surface area contributed by atoms with E-state index in [9.17, 15) is 19.1 Å². The highest BCUT2D eigenvalue weighted by Gasteiger charge is 2.30. The number of nitriles is 1. The molecule has 1 saturated heterocycles. The number of nitrogens with zero attached hydrogens (tertiary/aromatic N) is 7. The highest BCUT2D eigenvalue weighted by Crippen LogP contribution is 2.36. The summed E-state index contributed by atoms with van der Waals surface area (Å²) in [5, 5.41) is 12.1. The molecular formula is C27H28N8O3S2. The predicted molar refractivity (Wildman–Crippen MR) is 157 cm³/mol. The van der Waals surface area contributed by atoms with Gasteiger partial charge in [0.1, 0.15) is 29.3 Å². The highest BCUT2D eigenvalue weighted by molar-refractivity contribution is 7.97. The van der Waals surface area contributed by atoms with E-state index in [1.165, 1.54) is 9.21 Å². The standard InChI is InChI=1S/C27H28N8O3S2/c1-18-14-19(16-28)30-27(29-18)33-10-12-34(13-11-33)39-20-8-9-24-22(15-20)31-25(36)17-35(24)26(37)21-6-4-5-7-23(21)32(2)40(3)38/h4-9,14-15H,10-13,17H2,1-3H3,(H,31,36). The number of hydrogen-bond donors (Lipinski definition) is 1. The van der Waals surface area contributed by atoms with Crippen LogP contribution in [0.4, 0.5) is 23.0 Å². The van der Waals surface area contributed by atoms with E-state index in [-0.39, 0.29) is 18.4 Å². The summed E-state index contributed by atoms with van der Waals surface area (Å²) in [5.74, 6) is -0.0461. The van der Waals surface area contributed by atoms with Crippen LogP contribution >= 0.6 is 11.9 Å². The van der Waals surface area contributed by atoms with Gasteiger partial charge < -0.3 is 10.2 Å². The van der Waals surface area contributed by atoms with Gasteiger partial charge in [0.05, 0.1) is 22.6 Å². The Balaban J connectivity index is 1.30. The summed E-state index contributed by atoms with van der Waals surface area (Å²) >= 11 is 1.58. The van der Waals surface area contributed by atoms with Gasteiger partial charge in [0.25, 0.3) is 5.91 Å². The summed E-state index contributed by atoms with van der Waals surface area (Å²) in [4.78, 5) is 39.6. The van der Waals surface area contributed by atoms with Gasteiger partial charge in [-0.25, -0.2) is 18.5 Å². The first-order chi connectivity index (χ1) is 19.2. The first kappa shape index (κ1) is 27.6. The maximum atomic E-state index is 13.6. The summed E-state index contributed by atoms with van der Waals surface area (Å²) in [7, 11) is 0.351. The molecular weight excluding hydrogens is 548 g/mol. The fraction of sp³-hybridized carbons (Fsp3) is 0.296. The average molecular weight is 577 g/mol. The SMILES string of the molecule is Cc1cc(C#N)nc(N2CCN(Sc3ccc4c(c3)NC(=O)CN4C(=O)c3ccccc3N(C)S(C)=O)CC2)n1. The average Bonchev–Trinajstić information content (AvgIpc) is 2.95. The van der Waals surface area contributed by atoms with Gasteiger partial charge in [0.2, 0.25) is 11.9 Å². The van der Waals surface area contributed by atoms with Gasteiger partial charge in [0, 0.05) is 50.1 Å². The fourth-order valence-corrected chi connectivity index (χ4v) is 5.98. The van der Waals surface area contributed by atoms with E-state index >= 15 is 0 Å².